The van der Waals surface area contributed by atoms with Crippen LogP contribution in [0, 0.1) is 29.6 Å². The molecule has 2 aliphatic carbocycles. The van der Waals surface area contributed by atoms with Gasteiger partial charge in [-0.1, -0.05) is 193 Å². The van der Waals surface area contributed by atoms with Crippen LogP contribution in [0.3, 0.4) is 0 Å². The summed E-state index contributed by atoms with van der Waals surface area (Å²) in [6, 6.07) is 35.8. The van der Waals surface area contributed by atoms with Crippen molar-refractivity contribution >= 4 is 46.9 Å². The van der Waals surface area contributed by atoms with Gasteiger partial charge in [-0.15, -0.1) is 0 Å². The zero-order valence-corrected chi connectivity index (χ0v) is 53.0. The number of rotatable bonds is 32. The number of carbonyl (C=O) groups is 8. The number of Topliss-reactive ketones (excluding diaryl/α,β-unsaturated/α-hetero) is 3. The fraction of sp³-hybridized carbons (Fsp3) is 0.568. The number of benzene rings is 4. The first-order chi connectivity index (χ1) is 42.8. The second kappa shape index (κ2) is 34.2. The van der Waals surface area contributed by atoms with Crippen LogP contribution in [0.4, 0.5) is 0 Å². The van der Waals surface area contributed by atoms with Gasteiger partial charge in [0.1, 0.15) is 29.7 Å². The SMILES string of the molecule is CC[C@@H](C)C(=O)N[C@H](C(=O)N1CCC[C@H]1C(=O)C[C@H](C(=O)CCCCCCCNC(=O)[C@@H](NC(=O)C1CCCN1C(=O)[C@@H](CC(=O)[C@H](C)NC)C1CCCCC1)C(c1ccccc1)c1ccccc1)C(c1ccccc1)c1ccccc1)C1CCCCC1. The lowest BCUT2D eigenvalue weighted by molar-refractivity contribution is -0.145. The average molecular weight is 1200 g/mol. The van der Waals surface area contributed by atoms with Crippen molar-refractivity contribution in [1.82, 2.24) is 31.1 Å². The Morgan fingerprint density at radius 2 is 0.989 bits per heavy atom. The Balaban J connectivity index is 0.921. The van der Waals surface area contributed by atoms with Gasteiger partial charge in [-0.05, 0) is 119 Å². The molecule has 8 atom stereocenters. The van der Waals surface area contributed by atoms with Crippen LogP contribution in [0.2, 0.25) is 0 Å². The molecule has 2 aliphatic heterocycles. The first kappa shape index (κ1) is 67.1. The molecule has 0 spiro atoms. The Kier molecular flexibility index (Phi) is 26.1. The van der Waals surface area contributed by atoms with Gasteiger partial charge in [0.05, 0.1) is 12.1 Å². The number of carbonyl (C=O) groups excluding carboxylic acids is 8. The minimum Gasteiger partial charge on any atom is -0.354 e. The van der Waals surface area contributed by atoms with Crippen LogP contribution < -0.4 is 21.3 Å². The van der Waals surface area contributed by atoms with Crippen LogP contribution in [-0.4, -0.2) is 114 Å². The molecule has 4 aromatic carbocycles. The summed E-state index contributed by atoms with van der Waals surface area (Å²) in [5.41, 5.74) is 3.62. The molecule has 0 radical (unpaired) electrons. The number of unbranched alkanes of at least 4 members (excludes halogenated alkanes) is 4. The monoisotopic (exact) mass is 1200 g/mol. The number of nitrogens with one attached hydrogen (secondary N) is 4. The average Bonchev–Trinajstić information content (AvgIpc) is 4.40. The van der Waals surface area contributed by atoms with E-state index in [2.05, 4.69) is 21.3 Å². The Bertz CT molecular complexity index is 2600. The number of amides is 5. The third-order valence-electron chi connectivity index (χ3n) is 20.0. The molecular formula is C74H100N6O8. The third kappa shape index (κ3) is 18.0. The Morgan fingerprint density at radius 1 is 0.500 bits per heavy atom. The summed E-state index contributed by atoms with van der Waals surface area (Å²) >= 11 is 0. The van der Waals surface area contributed by atoms with Crippen LogP contribution in [0.1, 0.15) is 203 Å². The summed E-state index contributed by atoms with van der Waals surface area (Å²) in [5.74, 6) is -3.52. The molecule has 88 heavy (non-hydrogen) atoms. The molecule has 8 rings (SSSR count). The molecule has 4 aliphatic rings. The van der Waals surface area contributed by atoms with Gasteiger partial charge < -0.3 is 31.1 Å². The molecule has 2 saturated heterocycles. The molecule has 4 fully saturated rings. The van der Waals surface area contributed by atoms with Crippen molar-refractivity contribution in [2.75, 3.05) is 26.7 Å². The fourth-order valence-corrected chi connectivity index (χ4v) is 14.6. The number of likely N-dealkylation sites (N-methyl/N-ethyl adjacent to an activating group) is 1. The lowest BCUT2D eigenvalue weighted by Crippen LogP contribution is -2.56. The first-order valence-electron chi connectivity index (χ1n) is 33.7. The Morgan fingerprint density at radius 3 is 1.52 bits per heavy atom. The summed E-state index contributed by atoms with van der Waals surface area (Å²) in [4.78, 5) is 119. The molecule has 14 heteroatoms. The highest BCUT2D eigenvalue weighted by molar-refractivity contribution is 5.97. The van der Waals surface area contributed by atoms with Gasteiger partial charge in [-0.3, -0.25) is 38.4 Å². The molecule has 2 heterocycles. The van der Waals surface area contributed by atoms with Crippen molar-refractivity contribution in [3.8, 4) is 0 Å². The molecule has 1 unspecified atom stereocenters. The number of hydrogen-bond donors (Lipinski definition) is 4. The van der Waals surface area contributed by atoms with Crippen LogP contribution in [-0.2, 0) is 38.4 Å². The highest BCUT2D eigenvalue weighted by atomic mass is 16.2. The summed E-state index contributed by atoms with van der Waals surface area (Å²) < 4.78 is 0. The van der Waals surface area contributed by atoms with E-state index in [1.807, 2.05) is 142 Å². The second-order valence-electron chi connectivity index (χ2n) is 25.9. The van der Waals surface area contributed by atoms with E-state index in [1.165, 1.54) is 0 Å². The summed E-state index contributed by atoms with van der Waals surface area (Å²) in [5, 5.41) is 12.6. The van der Waals surface area contributed by atoms with Gasteiger partial charge in [0.15, 0.2) is 5.78 Å². The molecule has 14 nitrogen and oxygen atoms in total. The van der Waals surface area contributed by atoms with E-state index in [0.29, 0.717) is 64.6 Å². The summed E-state index contributed by atoms with van der Waals surface area (Å²) in [6.07, 6.45) is 16.7. The maximum Gasteiger partial charge on any atom is 0.246 e. The van der Waals surface area contributed by atoms with E-state index < -0.39 is 41.9 Å². The maximum absolute atomic E-state index is 14.9. The minimum atomic E-state index is -1.01. The molecule has 0 bridgehead atoms. The highest BCUT2D eigenvalue weighted by Crippen LogP contribution is 2.39. The second-order valence-corrected chi connectivity index (χ2v) is 25.9. The standard InChI is InChI=1S/C74H100N6O8/c1-5-51(2)70(84)77-68(58-41-25-14-26-42-58)74(88)79-47-29-43-61(79)65(83)50-60(66(54-33-17-10-18-34-54)55-35-19-11-20-36-55)63(81)45-27-7-6-8-28-46-76-72(86)69(67(56-37-21-12-22-38-56)57-39-23-13-24-40-57)78-71(85)62-44-30-48-80(62)73(87)59(49-64(82)52(3)75-4)53-31-15-9-16-32-53/h10-13,17-24,33-40,51-53,58-62,66-69,75H,5-9,14-16,25-32,41-50H2,1-4H3,(H,76,86)(H,77,84)(H,78,85)/t51-,52+,59+,60-,61+,62?,68+,69+/m1/s1. The Hall–Kier alpha value is -6.80. The van der Waals surface area contributed by atoms with Crippen molar-refractivity contribution in [2.24, 2.45) is 29.6 Å². The number of ketones is 3. The van der Waals surface area contributed by atoms with Crippen molar-refractivity contribution < 1.29 is 38.4 Å². The van der Waals surface area contributed by atoms with Gasteiger partial charge in [0.25, 0.3) is 0 Å². The predicted octanol–water partition coefficient (Wildman–Crippen LogP) is 11.6. The van der Waals surface area contributed by atoms with Gasteiger partial charge in [-0.2, -0.15) is 0 Å². The van der Waals surface area contributed by atoms with Crippen LogP contribution in [0.15, 0.2) is 121 Å². The van der Waals surface area contributed by atoms with E-state index in [-0.39, 0.29) is 95.9 Å². The van der Waals surface area contributed by atoms with Gasteiger partial charge in [-0.25, -0.2) is 0 Å². The normalized spacial score (nSPS) is 19.5. The van der Waals surface area contributed by atoms with Crippen molar-refractivity contribution in [3.05, 3.63) is 144 Å². The van der Waals surface area contributed by atoms with E-state index in [9.17, 15) is 38.4 Å². The zero-order chi connectivity index (χ0) is 62.4. The van der Waals surface area contributed by atoms with Crippen molar-refractivity contribution in [2.45, 2.75) is 210 Å². The smallest absolute Gasteiger partial charge is 0.246 e. The van der Waals surface area contributed by atoms with Crippen molar-refractivity contribution in [1.29, 1.82) is 0 Å². The molecule has 4 N–H and O–H groups in total. The number of nitrogens with zero attached hydrogens (tertiary/aromatic N) is 2. The van der Waals surface area contributed by atoms with Crippen LogP contribution in [0.25, 0.3) is 0 Å². The molecular weight excluding hydrogens is 1100 g/mol. The van der Waals surface area contributed by atoms with E-state index in [1.54, 1.807) is 16.8 Å². The van der Waals surface area contributed by atoms with E-state index in [0.717, 1.165) is 106 Å². The summed E-state index contributed by atoms with van der Waals surface area (Å²) in [6.45, 7) is 6.89. The van der Waals surface area contributed by atoms with Gasteiger partial charge in [0.2, 0.25) is 29.5 Å². The van der Waals surface area contributed by atoms with Crippen LogP contribution >= 0.6 is 0 Å². The molecule has 0 aromatic heterocycles. The molecule has 5 amide bonds. The van der Waals surface area contributed by atoms with Gasteiger partial charge >= 0.3 is 0 Å². The minimum absolute atomic E-state index is 0.00921. The highest BCUT2D eigenvalue weighted by Gasteiger charge is 2.45. The number of likely N-dealkylation sites (tertiary alicyclic amines) is 2. The Labute approximate surface area is 524 Å². The van der Waals surface area contributed by atoms with Gasteiger partial charge in [0, 0.05) is 68.5 Å². The lowest BCUT2D eigenvalue weighted by atomic mass is 9.74. The summed E-state index contributed by atoms with van der Waals surface area (Å²) in [7, 11) is 1.75. The molecule has 2 saturated carbocycles. The topological polar surface area (TPSA) is 191 Å². The van der Waals surface area contributed by atoms with Crippen molar-refractivity contribution in [3.63, 3.8) is 0 Å². The van der Waals surface area contributed by atoms with E-state index >= 15 is 0 Å². The zero-order valence-electron chi connectivity index (χ0n) is 53.0. The maximum atomic E-state index is 14.9. The largest absolute Gasteiger partial charge is 0.354 e. The van der Waals surface area contributed by atoms with E-state index in [4.69, 9.17) is 0 Å². The first-order valence-corrected chi connectivity index (χ1v) is 33.7. The number of hydrogen-bond acceptors (Lipinski definition) is 9. The molecule has 4 aromatic rings. The predicted molar refractivity (Wildman–Crippen MR) is 346 cm³/mol. The van der Waals surface area contributed by atoms with Crippen LogP contribution in [0.5, 0.6) is 0 Å². The lowest BCUT2D eigenvalue weighted by Gasteiger charge is -2.35. The third-order valence-corrected chi connectivity index (χ3v) is 20.0. The quantitative estimate of drug-likeness (QED) is 0.0345. The molecule has 474 valence electrons. The fourth-order valence-electron chi connectivity index (χ4n) is 14.6.